The van der Waals surface area contributed by atoms with Crippen molar-refractivity contribution in [2.24, 2.45) is 5.41 Å². The monoisotopic (exact) mass is 170 g/mol. The summed E-state index contributed by atoms with van der Waals surface area (Å²) in [5.74, 6) is 0. The highest BCUT2D eigenvalue weighted by Crippen LogP contribution is 2.14. The van der Waals surface area contributed by atoms with Gasteiger partial charge in [-0.25, -0.2) is 0 Å². The van der Waals surface area contributed by atoms with E-state index < -0.39 is 0 Å². The van der Waals surface area contributed by atoms with Gasteiger partial charge in [-0.2, -0.15) is 0 Å². The average Bonchev–Trinajstić information content (AvgIpc) is 1.76. The van der Waals surface area contributed by atoms with Crippen molar-refractivity contribution in [3.8, 4) is 0 Å². The third-order valence-corrected chi connectivity index (χ3v) is 1.23. The van der Waals surface area contributed by atoms with E-state index in [0.29, 0.717) is 6.61 Å². The maximum Gasteiger partial charge on any atom is 0.0654 e. The number of allylic oxidation sites excluding steroid dienone is 1. The Balaban J connectivity index is 3.64. The van der Waals surface area contributed by atoms with Gasteiger partial charge >= 0.3 is 0 Å². The van der Waals surface area contributed by atoms with Gasteiger partial charge in [-0.1, -0.05) is 32.9 Å². The van der Waals surface area contributed by atoms with Crippen LogP contribution in [0.5, 0.6) is 0 Å². The fourth-order valence-electron chi connectivity index (χ4n) is 0.700. The molecular weight excluding hydrogens is 148 g/mol. The molecule has 12 heavy (non-hydrogen) atoms. The lowest BCUT2D eigenvalue weighted by Gasteiger charge is -2.18. The van der Waals surface area contributed by atoms with E-state index in [-0.39, 0.29) is 11.0 Å². The van der Waals surface area contributed by atoms with E-state index in [1.165, 1.54) is 0 Å². The highest BCUT2D eigenvalue weighted by Gasteiger charge is 2.08. The van der Waals surface area contributed by atoms with Crippen LogP contribution in [-0.4, -0.2) is 12.2 Å². The van der Waals surface area contributed by atoms with E-state index in [4.69, 9.17) is 4.74 Å². The maximum atomic E-state index is 5.54. The fraction of sp³-hybridized carbons (Fsp3) is 0.818. The molecule has 0 N–H and O–H groups in total. The van der Waals surface area contributed by atoms with Crippen molar-refractivity contribution >= 4 is 0 Å². The highest BCUT2D eigenvalue weighted by atomic mass is 16.5. The van der Waals surface area contributed by atoms with Gasteiger partial charge in [0.15, 0.2) is 0 Å². The van der Waals surface area contributed by atoms with Gasteiger partial charge in [-0.05, 0) is 26.2 Å². The molecule has 0 amide bonds. The standard InChI is InChI=1S/C11H22O/c1-10(2,3)8-7-9-12-11(4,5)6/h7-8H,9H2,1-6H3. The van der Waals surface area contributed by atoms with Crippen LogP contribution in [0.4, 0.5) is 0 Å². The van der Waals surface area contributed by atoms with Gasteiger partial charge in [0.05, 0.1) is 12.2 Å². The summed E-state index contributed by atoms with van der Waals surface area (Å²) in [6.45, 7) is 13.5. The molecule has 0 aromatic heterocycles. The van der Waals surface area contributed by atoms with E-state index in [0.717, 1.165) is 0 Å². The SMILES string of the molecule is CC(C)(C)C=CCOC(C)(C)C. The summed E-state index contributed by atoms with van der Waals surface area (Å²) in [5.41, 5.74) is 0.240. The molecule has 0 aliphatic heterocycles. The van der Waals surface area contributed by atoms with Crippen LogP contribution in [0.3, 0.4) is 0 Å². The minimum absolute atomic E-state index is 0.0256. The lowest BCUT2D eigenvalue weighted by Crippen LogP contribution is -2.19. The minimum atomic E-state index is -0.0256. The van der Waals surface area contributed by atoms with Gasteiger partial charge in [0.25, 0.3) is 0 Å². The third kappa shape index (κ3) is 9.70. The summed E-state index contributed by atoms with van der Waals surface area (Å²) in [6, 6.07) is 0. The predicted molar refractivity (Wildman–Crippen MR) is 54.3 cm³/mol. The van der Waals surface area contributed by atoms with Crippen LogP contribution in [-0.2, 0) is 4.74 Å². The van der Waals surface area contributed by atoms with Gasteiger partial charge < -0.3 is 4.74 Å². The first-order valence-corrected chi connectivity index (χ1v) is 4.52. The van der Waals surface area contributed by atoms with Crippen LogP contribution >= 0.6 is 0 Å². The zero-order valence-electron chi connectivity index (χ0n) is 9.27. The average molecular weight is 170 g/mol. The van der Waals surface area contributed by atoms with Crippen molar-refractivity contribution in [2.75, 3.05) is 6.61 Å². The van der Waals surface area contributed by atoms with Crippen LogP contribution in [0.1, 0.15) is 41.5 Å². The molecule has 0 saturated carbocycles. The summed E-state index contributed by atoms with van der Waals surface area (Å²) in [6.07, 6.45) is 4.27. The first-order chi connectivity index (χ1) is 5.21. The van der Waals surface area contributed by atoms with Gasteiger partial charge in [-0.15, -0.1) is 0 Å². The van der Waals surface area contributed by atoms with Crippen LogP contribution in [0.15, 0.2) is 12.2 Å². The Bertz CT molecular complexity index is 143. The molecule has 1 nitrogen and oxygen atoms in total. The van der Waals surface area contributed by atoms with Crippen molar-refractivity contribution in [1.29, 1.82) is 0 Å². The van der Waals surface area contributed by atoms with Crippen LogP contribution < -0.4 is 0 Å². The molecule has 72 valence electrons. The Morgan fingerprint density at radius 3 is 1.83 bits per heavy atom. The molecule has 0 rings (SSSR count). The Morgan fingerprint density at radius 2 is 1.50 bits per heavy atom. The van der Waals surface area contributed by atoms with Crippen LogP contribution in [0.2, 0.25) is 0 Å². The van der Waals surface area contributed by atoms with Crippen molar-refractivity contribution in [1.82, 2.24) is 0 Å². The molecule has 0 heterocycles. The molecule has 0 aliphatic carbocycles. The van der Waals surface area contributed by atoms with Gasteiger partial charge in [0, 0.05) is 0 Å². The van der Waals surface area contributed by atoms with E-state index in [1.54, 1.807) is 0 Å². The normalized spacial score (nSPS) is 14.2. The Hall–Kier alpha value is -0.300. The lowest BCUT2D eigenvalue weighted by molar-refractivity contribution is 0.0147. The first kappa shape index (κ1) is 11.7. The first-order valence-electron chi connectivity index (χ1n) is 4.52. The molecule has 0 aromatic rings. The molecular formula is C11H22O. The Labute approximate surface area is 76.8 Å². The molecule has 0 spiro atoms. The quantitative estimate of drug-likeness (QED) is 0.577. The smallest absolute Gasteiger partial charge is 0.0654 e. The molecule has 0 aliphatic rings. The van der Waals surface area contributed by atoms with Crippen LogP contribution in [0, 0.1) is 5.41 Å². The van der Waals surface area contributed by atoms with E-state index in [2.05, 4.69) is 53.7 Å². The minimum Gasteiger partial charge on any atom is -0.372 e. The second kappa shape index (κ2) is 4.08. The molecule has 1 heteroatoms. The molecule has 0 radical (unpaired) electrons. The Kier molecular flexibility index (Phi) is 3.98. The van der Waals surface area contributed by atoms with Gasteiger partial charge in [0.2, 0.25) is 0 Å². The Morgan fingerprint density at radius 1 is 1.00 bits per heavy atom. The maximum absolute atomic E-state index is 5.54. The largest absolute Gasteiger partial charge is 0.372 e. The molecule has 0 atom stereocenters. The van der Waals surface area contributed by atoms with Crippen molar-refractivity contribution in [2.45, 2.75) is 47.1 Å². The molecule has 0 fully saturated rings. The summed E-state index contributed by atoms with van der Waals surface area (Å²) in [7, 11) is 0. The zero-order valence-corrected chi connectivity index (χ0v) is 9.27. The van der Waals surface area contributed by atoms with Crippen LogP contribution in [0.25, 0.3) is 0 Å². The summed E-state index contributed by atoms with van der Waals surface area (Å²) < 4.78 is 5.54. The van der Waals surface area contributed by atoms with E-state index in [9.17, 15) is 0 Å². The van der Waals surface area contributed by atoms with E-state index >= 15 is 0 Å². The van der Waals surface area contributed by atoms with Gasteiger partial charge in [0.1, 0.15) is 0 Å². The molecule has 0 aromatic carbocycles. The second-order valence-corrected chi connectivity index (χ2v) is 5.19. The van der Waals surface area contributed by atoms with Crippen molar-refractivity contribution < 1.29 is 4.74 Å². The van der Waals surface area contributed by atoms with E-state index in [1.807, 2.05) is 0 Å². The highest BCUT2D eigenvalue weighted by molar-refractivity contribution is 4.92. The lowest BCUT2D eigenvalue weighted by atomic mass is 9.96. The molecule has 0 unspecified atom stereocenters. The van der Waals surface area contributed by atoms with Crippen molar-refractivity contribution in [3.05, 3.63) is 12.2 Å². The zero-order chi connectivity index (χ0) is 9.83. The number of hydrogen-bond donors (Lipinski definition) is 0. The summed E-state index contributed by atoms with van der Waals surface area (Å²) >= 11 is 0. The fourth-order valence-corrected chi connectivity index (χ4v) is 0.700. The molecule has 0 saturated heterocycles. The van der Waals surface area contributed by atoms with Gasteiger partial charge in [-0.3, -0.25) is 0 Å². The number of hydrogen-bond acceptors (Lipinski definition) is 1. The van der Waals surface area contributed by atoms with Crippen molar-refractivity contribution in [3.63, 3.8) is 0 Å². The second-order valence-electron chi connectivity index (χ2n) is 5.19. The number of ether oxygens (including phenoxy) is 1. The summed E-state index contributed by atoms with van der Waals surface area (Å²) in [5, 5.41) is 0. The molecule has 0 bridgehead atoms. The topological polar surface area (TPSA) is 9.23 Å². The third-order valence-electron chi connectivity index (χ3n) is 1.23. The summed E-state index contributed by atoms with van der Waals surface area (Å²) in [4.78, 5) is 0. The number of rotatable bonds is 2. The predicted octanol–water partition coefficient (Wildman–Crippen LogP) is 3.40.